The first-order valence-corrected chi connectivity index (χ1v) is 10.8. The van der Waals surface area contributed by atoms with E-state index in [4.69, 9.17) is 18.9 Å². The number of nitrogens with one attached hydrogen (secondary N) is 1. The first kappa shape index (κ1) is 31.6. The average molecular weight is 511 g/mol. The van der Waals surface area contributed by atoms with Crippen LogP contribution in [0.5, 0.6) is 0 Å². The van der Waals surface area contributed by atoms with Crippen LogP contribution in [-0.2, 0) is 33.4 Å². The summed E-state index contributed by atoms with van der Waals surface area (Å²) in [6.07, 6.45) is -1.94. The van der Waals surface area contributed by atoms with Crippen LogP contribution in [0.25, 0.3) is 0 Å². The van der Waals surface area contributed by atoms with Gasteiger partial charge in [-0.25, -0.2) is 9.59 Å². The van der Waals surface area contributed by atoms with E-state index in [2.05, 4.69) is 15.0 Å². The minimum atomic E-state index is -1.23. The third kappa shape index (κ3) is 18.7. The summed E-state index contributed by atoms with van der Waals surface area (Å²) in [7, 11) is 0. The summed E-state index contributed by atoms with van der Waals surface area (Å²) in [5.74, 6) is -0.444. The number of carbonyl (C=O) groups is 3. The van der Waals surface area contributed by atoms with Crippen LogP contribution < -0.4 is 5.32 Å². The van der Waals surface area contributed by atoms with E-state index in [1.807, 2.05) is 0 Å². The molecule has 0 aliphatic heterocycles. The molecule has 0 rings (SSSR count). The van der Waals surface area contributed by atoms with Crippen molar-refractivity contribution in [2.75, 3.05) is 33.0 Å². The largest absolute Gasteiger partial charge is 0.508 e. The maximum atomic E-state index is 12.7. The van der Waals surface area contributed by atoms with Gasteiger partial charge in [0.2, 0.25) is 0 Å². The first-order chi connectivity index (χ1) is 16.3. The highest BCUT2D eigenvalue weighted by atomic mass is 17.0. The SMILES string of the molecule is CC(OC(=O)OCCOCCO[N+](=O)[O-])C(NC(=O)OC(C)(C)C)C(=O)CCCCCO[N+](=O)[O-]. The van der Waals surface area contributed by atoms with Gasteiger partial charge in [0.1, 0.15) is 31.0 Å². The van der Waals surface area contributed by atoms with Crippen molar-refractivity contribution >= 4 is 18.0 Å². The van der Waals surface area contributed by atoms with Crippen LogP contribution in [0.4, 0.5) is 9.59 Å². The van der Waals surface area contributed by atoms with E-state index in [-0.39, 0.29) is 39.5 Å². The molecule has 0 saturated carbocycles. The summed E-state index contributed by atoms with van der Waals surface area (Å²) in [4.78, 5) is 65.2. The molecule has 0 bridgehead atoms. The fourth-order valence-corrected chi connectivity index (χ4v) is 2.48. The number of Topliss-reactive ketones (excluding diaryl/α,β-unsaturated/α-hetero) is 1. The van der Waals surface area contributed by atoms with Crippen LogP contribution in [0.1, 0.15) is 53.4 Å². The van der Waals surface area contributed by atoms with E-state index in [0.717, 1.165) is 0 Å². The third-order valence-corrected chi connectivity index (χ3v) is 3.91. The number of ether oxygens (including phenoxy) is 4. The summed E-state index contributed by atoms with van der Waals surface area (Å²) < 4.78 is 20.0. The van der Waals surface area contributed by atoms with Crippen LogP contribution in [-0.4, -0.2) is 79.0 Å². The maximum Gasteiger partial charge on any atom is 0.508 e. The lowest BCUT2D eigenvalue weighted by Crippen LogP contribution is -2.50. The number of unbranched alkanes of at least 4 members (excludes halogenated alkanes) is 2. The van der Waals surface area contributed by atoms with E-state index in [1.54, 1.807) is 20.8 Å². The molecule has 0 aromatic heterocycles. The number of alkyl carbamates (subject to hydrolysis) is 1. The Hall–Kier alpha value is -3.43. The lowest BCUT2D eigenvalue weighted by Gasteiger charge is -2.26. The van der Waals surface area contributed by atoms with Gasteiger partial charge in [-0.3, -0.25) is 4.79 Å². The molecule has 35 heavy (non-hydrogen) atoms. The second kappa shape index (κ2) is 17.1. The molecule has 0 aliphatic carbocycles. The Morgan fingerprint density at radius 1 is 0.886 bits per heavy atom. The van der Waals surface area contributed by atoms with Gasteiger partial charge in [0.15, 0.2) is 5.78 Å². The summed E-state index contributed by atoms with van der Waals surface area (Å²) >= 11 is 0. The van der Waals surface area contributed by atoms with Crippen molar-refractivity contribution in [3.8, 4) is 0 Å². The molecule has 0 saturated heterocycles. The molecular weight excluding hydrogens is 478 g/mol. The molecule has 0 spiro atoms. The predicted octanol–water partition coefficient (Wildman–Crippen LogP) is 1.98. The van der Waals surface area contributed by atoms with Crippen molar-refractivity contribution in [1.29, 1.82) is 0 Å². The van der Waals surface area contributed by atoms with Crippen molar-refractivity contribution in [3.05, 3.63) is 20.2 Å². The van der Waals surface area contributed by atoms with E-state index in [1.165, 1.54) is 6.92 Å². The summed E-state index contributed by atoms with van der Waals surface area (Å²) in [6.45, 7) is 5.52. The van der Waals surface area contributed by atoms with Crippen molar-refractivity contribution in [2.45, 2.75) is 71.1 Å². The van der Waals surface area contributed by atoms with Gasteiger partial charge in [-0.05, 0) is 40.5 Å². The summed E-state index contributed by atoms with van der Waals surface area (Å²) in [5, 5.41) is 20.7. The highest BCUT2D eigenvalue weighted by Crippen LogP contribution is 2.12. The average Bonchev–Trinajstić information content (AvgIpc) is 2.71. The molecule has 0 aromatic rings. The van der Waals surface area contributed by atoms with E-state index >= 15 is 0 Å². The molecule has 0 radical (unpaired) electrons. The Bertz CT molecular complexity index is 696. The predicted molar refractivity (Wildman–Crippen MR) is 115 cm³/mol. The van der Waals surface area contributed by atoms with Crippen LogP contribution in [0.2, 0.25) is 0 Å². The Labute approximate surface area is 201 Å². The standard InChI is InChI=1S/C19H33N3O13/c1-14(34-18(25)31-12-10-30-11-13-33-22(28)29)16(20-17(24)35-19(2,3)4)15(23)8-6-5-7-9-32-21(26)27/h14,16H,5-13H2,1-4H3,(H,20,24). The number of rotatable bonds is 18. The highest BCUT2D eigenvalue weighted by molar-refractivity contribution is 5.88. The topological polar surface area (TPSA) is 205 Å². The molecule has 1 N–H and O–H groups in total. The number of carbonyl (C=O) groups excluding carboxylic acids is 3. The number of hydrogen-bond donors (Lipinski definition) is 1. The molecule has 202 valence electrons. The van der Waals surface area contributed by atoms with Crippen molar-refractivity contribution in [2.24, 2.45) is 0 Å². The minimum Gasteiger partial charge on any atom is -0.444 e. The van der Waals surface area contributed by atoms with Crippen molar-refractivity contribution in [3.63, 3.8) is 0 Å². The Kier molecular flexibility index (Phi) is 15.4. The molecule has 0 aromatic carbocycles. The minimum absolute atomic E-state index is 0.00172. The zero-order chi connectivity index (χ0) is 26.9. The lowest BCUT2D eigenvalue weighted by atomic mass is 10.0. The molecule has 16 nitrogen and oxygen atoms in total. The number of hydrogen-bond acceptors (Lipinski definition) is 13. The number of nitrogens with zero attached hydrogens (tertiary/aromatic N) is 2. The molecule has 2 atom stereocenters. The molecule has 0 aliphatic rings. The second-order valence-corrected chi connectivity index (χ2v) is 8.05. The van der Waals surface area contributed by atoms with E-state index in [9.17, 15) is 34.6 Å². The Balaban J connectivity index is 4.67. The number of ketones is 1. The van der Waals surface area contributed by atoms with Gasteiger partial charge >= 0.3 is 12.2 Å². The van der Waals surface area contributed by atoms with Crippen molar-refractivity contribution < 1.29 is 53.2 Å². The third-order valence-electron chi connectivity index (χ3n) is 3.91. The smallest absolute Gasteiger partial charge is 0.444 e. The van der Waals surface area contributed by atoms with Gasteiger partial charge < -0.3 is 33.9 Å². The molecular formula is C19H33N3O13. The zero-order valence-corrected chi connectivity index (χ0v) is 20.2. The fourth-order valence-electron chi connectivity index (χ4n) is 2.48. The molecule has 16 heteroatoms. The summed E-state index contributed by atoms with van der Waals surface area (Å²) in [5.41, 5.74) is -0.831. The zero-order valence-electron chi connectivity index (χ0n) is 20.2. The fraction of sp³-hybridized carbons (Fsp3) is 0.842. The van der Waals surface area contributed by atoms with Gasteiger partial charge in [-0.1, -0.05) is 6.42 Å². The Morgan fingerprint density at radius 3 is 2.09 bits per heavy atom. The van der Waals surface area contributed by atoms with Gasteiger partial charge in [-0.15, -0.1) is 20.2 Å². The normalized spacial score (nSPS) is 12.6. The van der Waals surface area contributed by atoms with Crippen LogP contribution in [0.3, 0.4) is 0 Å². The quantitative estimate of drug-likeness (QED) is 0.121. The van der Waals surface area contributed by atoms with E-state index in [0.29, 0.717) is 19.3 Å². The first-order valence-electron chi connectivity index (χ1n) is 10.8. The second-order valence-electron chi connectivity index (χ2n) is 8.05. The molecule has 0 heterocycles. The van der Waals surface area contributed by atoms with E-state index < -0.39 is 46.0 Å². The Morgan fingerprint density at radius 2 is 1.49 bits per heavy atom. The molecule has 0 fully saturated rings. The van der Waals surface area contributed by atoms with Crippen molar-refractivity contribution in [1.82, 2.24) is 5.32 Å². The highest BCUT2D eigenvalue weighted by Gasteiger charge is 2.31. The monoisotopic (exact) mass is 511 g/mol. The lowest BCUT2D eigenvalue weighted by molar-refractivity contribution is -0.758. The van der Waals surface area contributed by atoms with Gasteiger partial charge in [-0.2, -0.15) is 0 Å². The maximum absolute atomic E-state index is 12.7. The number of amides is 1. The molecule has 1 amide bonds. The summed E-state index contributed by atoms with van der Waals surface area (Å²) in [6, 6.07) is -1.23. The van der Waals surface area contributed by atoms with Crippen LogP contribution in [0.15, 0.2) is 0 Å². The van der Waals surface area contributed by atoms with Crippen LogP contribution in [0, 0.1) is 20.2 Å². The molecule has 2 unspecified atom stereocenters. The van der Waals surface area contributed by atoms with Gasteiger partial charge in [0.25, 0.3) is 10.2 Å². The van der Waals surface area contributed by atoms with Gasteiger partial charge in [0.05, 0.1) is 19.8 Å². The van der Waals surface area contributed by atoms with Crippen LogP contribution >= 0.6 is 0 Å². The van der Waals surface area contributed by atoms with Gasteiger partial charge in [0, 0.05) is 6.42 Å².